The molecule has 4 aromatic rings. The Bertz CT molecular complexity index is 1260. The number of hydrogen-bond acceptors (Lipinski definition) is 4. The highest BCUT2D eigenvalue weighted by Crippen LogP contribution is 2.30. The molecule has 6 heteroatoms. The maximum absolute atomic E-state index is 12.5. The highest BCUT2D eigenvalue weighted by atomic mass is 16.7. The van der Waals surface area contributed by atoms with E-state index in [2.05, 4.69) is 45.8 Å². The predicted molar refractivity (Wildman–Crippen MR) is 124 cm³/mol. The van der Waals surface area contributed by atoms with Crippen LogP contribution < -0.4 is 5.32 Å². The lowest BCUT2D eigenvalue weighted by Gasteiger charge is -2.17. The molecule has 0 unspecified atom stereocenters. The van der Waals surface area contributed by atoms with Gasteiger partial charge in [-0.05, 0) is 42.8 Å². The van der Waals surface area contributed by atoms with Crippen molar-refractivity contribution < 1.29 is 14.3 Å². The van der Waals surface area contributed by atoms with Gasteiger partial charge in [0.15, 0.2) is 5.79 Å². The van der Waals surface area contributed by atoms with E-state index in [1.165, 1.54) is 10.8 Å². The van der Waals surface area contributed by atoms with Crippen molar-refractivity contribution in [1.82, 2.24) is 15.5 Å². The maximum Gasteiger partial charge on any atom is 0.251 e. The van der Waals surface area contributed by atoms with Crippen LogP contribution in [0.25, 0.3) is 33.3 Å². The maximum atomic E-state index is 12.5. The molecule has 2 N–H and O–H groups in total. The molecule has 32 heavy (non-hydrogen) atoms. The molecule has 1 fully saturated rings. The van der Waals surface area contributed by atoms with Crippen LogP contribution in [0, 0.1) is 0 Å². The Labute approximate surface area is 186 Å². The van der Waals surface area contributed by atoms with Crippen LogP contribution in [0.4, 0.5) is 0 Å². The lowest BCUT2D eigenvalue weighted by molar-refractivity contribution is -0.137. The Morgan fingerprint density at radius 1 is 1.09 bits per heavy atom. The second kappa shape index (κ2) is 8.22. The van der Waals surface area contributed by atoms with E-state index in [-0.39, 0.29) is 12.0 Å². The number of amides is 1. The van der Waals surface area contributed by atoms with E-state index in [9.17, 15) is 4.79 Å². The van der Waals surface area contributed by atoms with E-state index in [1.54, 1.807) is 0 Å². The predicted octanol–water partition coefficient (Wildman–Crippen LogP) is 4.78. The molecular formula is C26H25N3O3. The third-order valence-electron chi connectivity index (χ3n) is 5.66. The van der Waals surface area contributed by atoms with Gasteiger partial charge in [0.1, 0.15) is 6.10 Å². The number of rotatable bonds is 5. The lowest BCUT2D eigenvalue weighted by atomic mass is 10.0. The van der Waals surface area contributed by atoms with Gasteiger partial charge in [-0.2, -0.15) is 5.10 Å². The second-order valence-corrected chi connectivity index (χ2v) is 8.43. The van der Waals surface area contributed by atoms with Crippen molar-refractivity contribution in [2.45, 2.75) is 25.7 Å². The average Bonchev–Trinajstić information content (AvgIpc) is 3.43. The van der Waals surface area contributed by atoms with E-state index in [1.807, 2.05) is 56.3 Å². The molecule has 0 saturated carbocycles. The molecule has 0 bridgehead atoms. The third-order valence-corrected chi connectivity index (χ3v) is 5.66. The van der Waals surface area contributed by atoms with Crippen molar-refractivity contribution in [3.05, 3.63) is 78.4 Å². The number of ether oxygens (including phenoxy) is 2. The van der Waals surface area contributed by atoms with Crippen molar-refractivity contribution in [2.24, 2.45) is 0 Å². The summed E-state index contributed by atoms with van der Waals surface area (Å²) >= 11 is 0. The Kier molecular flexibility index (Phi) is 5.25. The molecule has 1 atom stereocenters. The first-order valence-corrected chi connectivity index (χ1v) is 10.7. The highest BCUT2D eigenvalue weighted by molar-refractivity contribution is 5.96. The standard InChI is InChI=1S/C26H25N3O3/c1-26(2)31-16-20(32-26)15-27-25(30)19-12-10-18(11-13-19)23-14-24(29-28-23)22-9-5-7-17-6-3-4-8-21(17)22/h3-14,20H,15-16H2,1-2H3,(H,27,30)(H,28,29)/t20-/m0/s1. The molecule has 1 saturated heterocycles. The molecule has 5 rings (SSSR count). The molecule has 0 radical (unpaired) electrons. The molecule has 162 valence electrons. The second-order valence-electron chi connectivity index (χ2n) is 8.43. The van der Waals surface area contributed by atoms with Gasteiger partial charge >= 0.3 is 0 Å². The van der Waals surface area contributed by atoms with Gasteiger partial charge in [-0.3, -0.25) is 9.89 Å². The largest absolute Gasteiger partial charge is 0.349 e. The summed E-state index contributed by atoms with van der Waals surface area (Å²) in [6, 6.07) is 24.0. The number of carbonyl (C=O) groups is 1. The molecule has 1 aliphatic heterocycles. The minimum Gasteiger partial charge on any atom is -0.349 e. The number of aromatic nitrogens is 2. The number of fused-ring (bicyclic) bond motifs is 1. The number of hydrogen-bond donors (Lipinski definition) is 2. The summed E-state index contributed by atoms with van der Waals surface area (Å²) in [7, 11) is 0. The normalized spacial score (nSPS) is 17.5. The van der Waals surface area contributed by atoms with Crippen LogP contribution in [-0.2, 0) is 9.47 Å². The van der Waals surface area contributed by atoms with Crippen LogP contribution in [0.3, 0.4) is 0 Å². The Morgan fingerprint density at radius 3 is 2.66 bits per heavy atom. The number of aromatic amines is 1. The SMILES string of the molecule is CC1(C)OC[C@H](CNC(=O)c2ccc(-c3cc(-c4cccc5ccccc45)[nH]n3)cc2)O1. The minimum atomic E-state index is -0.592. The Morgan fingerprint density at radius 2 is 1.88 bits per heavy atom. The first kappa shape index (κ1) is 20.4. The number of H-pyrrole nitrogens is 1. The van der Waals surface area contributed by atoms with Gasteiger partial charge in [0.25, 0.3) is 5.91 Å². The fourth-order valence-corrected chi connectivity index (χ4v) is 4.03. The molecule has 1 amide bonds. The van der Waals surface area contributed by atoms with E-state index in [4.69, 9.17) is 9.47 Å². The molecule has 2 heterocycles. The summed E-state index contributed by atoms with van der Waals surface area (Å²) in [5.74, 6) is -0.728. The quantitative estimate of drug-likeness (QED) is 0.481. The monoisotopic (exact) mass is 427 g/mol. The van der Waals surface area contributed by atoms with Crippen molar-refractivity contribution >= 4 is 16.7 Å². The molecular weight excluding hydrogens is 402 g/mol. The van der Waals surface area contributed by atoms with Crippen LogP contribution in [0.1, 0.15) is 24.2 Å². The van der Waals surface area contributed by atoms with E-state index in [0.29, 0.717) is 18.7 Å². The molecule has 6 nitrogen and oxygen atoms in total. The van der Waals surface area contributed by atoms with Gasteiger partial charge in [0.2, 0.25) is 0 Å². The zero-order valence-corrected chi connectivity index (χ0v) is 18.1. The lowest BCUT2D eigenvalue weighted by Crippen LogP contribution is -2.34. The summed E-state index contributed by atoms with van der Waals surface area (Å²) in [6.45, 7) is 4.63. The van der Waals surface area contributed by atoms with Crippen molar-refractivity contribution in [2.75, 3.05) is 13.2 Å². The highest BCUT2D eigenvalue weighted by Gasteiger charge is 2.32. The Balaban J connectivity index is 1.29. The number of benzene rings is 3. The van der Waals surface area contributed by atoms with Crippen LogP contribution in [0.2, 0.25) is 0 Å². The zero-order chi connectivity index (χ0) is 22.1. The fourth-order valence-electron chi connectivity index (χ4n) is 4.03. The van der Waals surface area contributed by atoms with Crippen LogP contribution in [-0.4, -0.2) is 41.1 Å². The van der Waals surface area contributed by atoms with Crippen molar-refractivity contribution in [3.63, 3.8) is 0 Å². The minimum absolute atomic E-state index is 0.134. The first-order chi connectivity index (χ1) is 15.5. The molecule has 0 aliphatic carbocycles. The van der Waals surface area contributed by atoms with E-state index in [0.717, 1.165) is 22.5 Å². The first-order valence-electron chi connectivity index (χ1n) is 10.7. The van der Waals surface area contributed by atoms with Gasteiger partial charge in [-0.15, -0.1) is 0 Å². The van der Waals surface area contributed by atoms with Crippen LogP contribution in [0.5, 0.6) is 0 Å². The summed E-state index contributed by atoms with van der Waals surface area (Å²) in [5.41, 5.74) is 4.44. The Hall–Kier alpha value is -3.48. The van der Waals surface area contributed by atoms with Crippen molar-refractivity contribution in [1.29, 1.82) is 0 Å². The average molecular weight is 428 g/mol. The van der Waals surface area contributed by atoms with E-state index < -0.39 is 5.79 Å². The number of nitrogens with one attached hydrogen (secondary N) is 2. The number of carbonyl (C=O) groups excluding carboxylic acids is 1. The van der Waals surface area contributed by atoms with Gasteiger partial charge in [0, 0.05) is 23.2 Å². The molecule has 3 aromatic carbocycles. The smallest absolute Gasteiger partial charge is 0.251 e. The van der Waals surface area contributed by atoms with Gasteiger partial charge in [0.05, 0.1) is 18.0 Å². The summed E-state index contributed by atoms with van der Waals surface area (Å²) in [4.78, 5) is 12.5. The summed E-state index contributed by atoms with van der Waals surface area (Å²) < 4.78 is 11.3. The summed E-state index contributed by atoms with van der Waals surface area (Å²) in [6.07, 6.45) is -0.134. The fraction of sp³-hybridized carbons (Fsp3) is 0.231. The molecule has 1 aliphatic rings. The third kappa shape index (κ3) is 4.15. The van der Waals surface area contributed by atoms with Gasteiger partial charge < -0.3 is 14.8 Å². The van der Waals surface area contributed by atoms with Crippen LogP contribution in [0.15, 0.2) is 72.8 Å². The van der Waals surface area contributed by atoms with E-state index >= 15 is 0 Å². The topological polar surface area (TPSA) is 76.2 Å². The van der Waals surface area contributed by atoms with Crippen molar-refractivity contribution in [3.8, 4) is 22.5 Å². The molecule has 0 spiro atoms. The van der Waals surface area contributed by atoms with Gasteiger partial charge in [-0.25, -0.2) is 0 Å². The molecule has 1 aromatic heterocycles. The summed E-state index contributed by atoms with van der Waals surface area (Å²) in [5, 5.41) is 12.9. The van der Waals surface area contributed by atoms with Crippen LogP contribution >= 0.6 is 0 Å². The van der Waals surface area contributed by atoms with Gasteiger partial charge in [-0.1, -0.05) is 54.6 Å². The zero-order valence-electron chi connectivity index (χ0n) is 18.1. The number of nitrogens with zero attached hydrogens (tertiary/aromatic N) is 1.